The number of benzene rings is 1. The molecule has 1 atom stereocenters. The first-order chi connectivity index (χ1) is 9.95. The average Bonchev–Trinajstić information content (AvgIpc) is 2.84. The van der Waals surface area contributed by atoms with Crippen LogP contribution in [0.3, 0.4) is 0 Å². The molecule has 1 aromatic carbocycles. The standard InChI is InChI=1S/C15H17N3O3/c1-9-5-4-6-12(7-9)15(20)16-11(3)14(19)17-13-8-10(2)21-18-13/h4-8,11H,1-3H3,(H,16,20)(H,17,18,19)/t11-/m1/s1. The molecule has 110 valence electrons. The Kier molecular flexibility index (Phi) is 4.37. The Balaban J connectivity index is 1.95. The van der Waals surface area contributed by atoms with Crippen LogP contribution in [0.2, 0.25) is 0 Å². The molecule has 0 aliphatic carbocycles. The summed E-state index contributed by atoms with van der Waals surface area (Å²) >= 11 is 0. The molecular formula is C15H17N3O3. The number of nitrogens with one attached hydrogen (secondary N) is 2. The smallest absolute Gasteiger partial charge is 0.251 e. The molecule has 0 unspecified atom stereocenters. The molecule has 2 N–H and O–H groups in total. The van der Waals surface area contributed by atoms with E-state index < -0.39 is 6.04 Å². The van der Waals surface area contributed by atoms with E-state index in [0.29, 0.717) is 17.1 Å². The van der Waals surface area contributed by atoms with Gasteiger partial charge in [-0.05, 0) is 32.9 Å². The minimum atomic E-state index is -0.685. The van der Waals surface area contributed by atoms with E-state index >= 15 is 0 Å². The summed E-state index contributed by atoms with van der Waals surface area (Å²) in [5, 5.41) is 8.88. The molecule has 1 heterocycles. The zero-order chi connectivity index (χ0) is 15.4. The third-order valence-corrected chi connectivity index (χ3v) is 2.90. The normalized spacial score (nSPS) is 11.8. The number of carbonyl (C=O) groups is 2. The maximum Gasteiger partial charge on any atom is 0.251 e. The zero-order valence-electron chi connectivity index (χ0n) is 12.1. The van der Waals surface area contributed by atoms with E-state index in [1.807, 2.05) is 13.0 Å². The number of aromatic nitrogens is 1. The summed E-state index contributed by atoms with van der Waals surface area (Å²) < 4.78 is 4.86. The van der Waals surface area contributed by atoms with Gasteiger partial charge in [0.05, 0.1) is 0 Å². The van der Waals surface area contributed by atoms with Gasteiger partial charge < -0.3 is 15.2 Å². The lowest BCUT2D eigenvalue weighted by atomic mass is 10.1. The minimum Gasteiger partial charge on any atom is -0.360 e. The lowest BCUT2D eigenvalue weighted by Gasteiger charge is -2.13. The summed E-state index contributed by atoms with van der Waals surface area (Å²) in [5.41, 5.74) is 1.50. The Morgan fingerprint density at radius 1 is 1.24 bits per heavy atom. The second-order valence-corrected chi connectivity index (χ2v) is 4.88. The molecule has 2 rings (SSSR count). The Hall–Kier alpha value is -2.63. The monoisotopic (exact) mass is 287 g/mol. The molecule has 2 amide bonds. The van der Waals surface area contributed by atoms with Crippen molar-refractivity contribution in [2.75, 3.05) is 5.32 Å². The Morgan fingerprint density at radius 3 is 2.62 bits per heavy atom. The molecule has 0 aliphatic heterocycles. The fourth-order valence-electron chi connectivity index (χ4n) is 1.79. The molecule has 21 heavy (non-hydrogen) atoms. The molecule has 2 aromatic rings. The summed E-state index contributed by atoms with van der Waals surface area (Å²) in [6.07, 6.45) is 0. The van der Waals surface area contributed by atoms with Crippen LogP contribution in [-0.4, -0.2) is 23.0 Å². The molecule has 6 heteroatoms. The number of aryl methyl sites for hydroxylation is 2. The van der Waals surface area contributed by atoms with Crippen LogP contribution in [0.15, 0.2) is 34.9 Å². The van der Waals surface area contributed by atoms with Crippen molar-refractivity contribution in [1.29, 1.82) is 0 Å². The van der Waals surface area contributed by atoms with Gasteiger partial charge in [0.2, 0.25) is 5.91 Å². The van der Waals surface area contributed by atoms with E-state index in [-0.39, 0.29) is 11.8 Å². The quantitative estimate of drug-likeness (QED) is 0.901. The lowest BCUT2D eigenvalue weighted by Crippen LogP contribution is -2.41. The molecule has 0 radical (unpaired) electrons. The van der Waals surface area contributed by atoms with E-state index in [0.717, 1.165) is 5.56 Å². The number of hydrogen-bond acceptors (Lipinski definition) is 4. The SMILES string of the molecule is Cc1cccc(C(=O)N[C@H](C)C(=O)Nc2cc(C)on2)c1. The van der Waals surface area contributed by atoms with E-state index in [9.17, 15) is 9.59 Å². The third-order valence-electron chi connectivity index (χ3n) is 2.90. The first kappa shape index (κ1) is 14.8. The van der Waals surface area contributed by atoms with Crippen molar-refractivity contribution in [2.45, 2.75) is 26.8 Å². The van der Waals surface area contributed by atoms with Crippen LogP contribution in [-0.2, 0) is 4.79 Å². The van der Waals surface area contributed by atoms with Gasteiger partial charge in [0, 0.05) is 11.6 Å². The predicted molar refractivity (Wildman–Crippen MR) is 78.0 cm³/mol. The summed E-state index contributed by atoms with van der Waals surface area (Å²) in [4.78, 5) is 24.0. The lowest BCUT2D eigenvalue weighted by molar-refractivity contribution is -0.117. The second kappa shape index (κ2) is 6.21. The van der Waals surface area contributed by atoms with Crippen LogP contribution < -0.4 is 10.6 Å². The van der Waals surface area contributed by atoms with Crippen molar-refractivity contribution in [1.82, 2.24) is 10.5 Å². The van der Waals surface area contributed by atoms with Gasteiger partial charge in [-0.2, -0.15) is 0 Å². The molecule has 1 aromatic heterocycles. The van der Waals surface area contributed by atoms with Gasteiger partial charge in [-0.25, -0.2) is 0 Å². The van der Waals surface area contributed by atoms with Gasteiger partial charge in [-0.15, -0.1) is 0 Å². The highest BCUT2D eigenvalue weighted by Crippen LogP contribution is 2.08. The van der Waals surface area contributed by atoms with Gasteiger partial charge in [0.15, 0.2) is 5.82 Å². The maximum atomic E-state index is 12.0. The highest BCUT2D eigenvalue weighted by atomic mass is 16.5. The van der Waals surface area contributed by atoms with Gasteiger partial charge in [0.1, 0.15) is 11.8 Å². The molecule has 0 saturated heterocycles. The van der Waals surface area contributed by atoms with Crippen LogP contribution in [0.25, 0.3) is 0 Å². The van der Waals surface area contributed by atoms with Crippen LogP contribution >= 0.6 is 0 Å². The number of nitrogens with zero attached hydrogens (tertiary/aromatic N) is 1. The van der Waals surface area contributed by atoms with Crippen molar-refractivity contribution in [2.24, 2.45) is 0 Å². The van der Waals surface area contributed by atoms with Gasteiger partial charge in [0.25, 0.3) is 5.91 Å². The molecule has 0 fully saturated rings. The molecule has 0 bridgehead atoms. The van der Waals surface area contributed by atoms with E-state index in [2.05, 4.69) is 15.8 Å². The van der Waals surface area contributed by atoms with Crippen LogP contribution in [0, 0.1) is 13.8 Å². The molecular weight excluding hydrogens is 270 g/mol. The zero-order valence-corrected chi connectivity index (χ0v) is 12.1. The Labute approximate surface area is 122 Å². The van der Waals surface area contributed by atoms with Gasteiger partial charge >= 0.3 is 0 Å². The van der Waals surface area contributed by atoms with Gasteiger partial charge in [-0.1, -0.05) is 22.9 Å². The predicted octanol–water partition coefficient (Wildman–Crippen LogP) is 2.05. The van der Waals surface area contributed by atoms with Crippen LogP contribution in [0.1, 0.15) is 28.6 Å². The number of amides is 2. The summed E-state index contributed by atoms with van der Waals surface area (Å²) in [6.45, 7) is 5.24. The first-order valence-electron chi connectivity index (χ1n) is 6.57. The maximum absolute atomic E-state index is 12.0. The average molecular weight is 287 g/mol. The number of carbonyl (C=O) groups excluding carboxylic acids is 2. The fourth-order valence-corrected chi connectivity index (χ4v) is 1.79. The number of anilines is 1. The van der Waals surface area contributed by atoms with Crippen LogP contribution in [0.5, 0.6) is 0 Å². The Morgan fingerprint density at radius 2 is 2.00 bits per heavy atom. The molecule has 0 spiro atoms. The highest BCUT2D eigenvalue weighted by molar-refractivity contribution is 6.00. The summed E-state index contributed by atoms with van der Waals surface area (Å²) in [5.74, 6) is 0.276. The fraction of sp³-hybridized carbons (Fsp3) is 0.267. The van der Waals surface area contributed by atoms with E-state index in [1.54, 1.807) is 38.1 Å². The molecule has 0 saturated carbocycles. The molecule has 6 nitrogen and oxygen atoms in total. The largest absolute Gasteiger partial charge is 0.360 e. The number of hydrogen-bond donors (Lipinski definition) is 2. The van der Waals surface area contributed by atoms with E-state index in [4.69, 9.17) is 4.52 Å². The Bertz CT molecular complexity index is 664. The van der Waals surface area contributed by atoms with Crippen LogP contribution in [0.4, 0.5) is 5.82 Å². The first-order valence-corrected chi connectivity index (χ1v) is 6.57. The van der Waals surface area contributed by atoms with Gasteiger partial charge in [-0.3, -0.25) is 9.59 Å². The van der Waals surface area contributed by atoms with Crippen molar-refractivity contribution in [3.63, 3.8) is 0 Å². The number of rotatable bonds is 4. The highest BCUT2D eigenvalue weighted by Gasteiger charge is 2.17. The summed E-state index contributed by atoms with van der Waals surface area (Å²) in [6, 6.07) is 8.09. The second-order valence-electron chi connectivity index (χ2n) is 4.88. The van der Waals surface area contributed by atoms with Crippen molar-refractivity contribution >= 4 is 17.6 Å². The van der Waals surface area contributed by atoms with Crippen molar-refractivity contribution in [3.05, 3.63) is 47.2 Å². The van der Waals surface area contributed by atoms with Crippen molar-refractivity contribution in [3.8, 4) is 0 Å². The van der Waals surface area contributed by atoms with E-state index in [1.165, 1.54) is 0 Å². The molecule has 0 aliphatic rings. The third kappa shape index (κ3) is 3.92. The topological polar surface area (TPSA) is 84.2 Å². The minimum absolute atomic E-state index is 0.294. The summed E-state index contributed by atoms with van der Waals surface area (Å²) in [7, 11) is 0. The van der Waals surface area contributed by atoms with Crippen molar-refractivity contribution < 1.29 is 14.1 Å².